The number of ketones is 1. The van der Waals surface area contributed by atoms with E-state index >= 15 is 0 Å². The van der Waals surface area contributed by atoms with Crippen LogP contribution < -0.4 is 5.32 Å². The van der Waals surface area contributed by atoms with Gasteiger partial charge in [-0.15, -0.1) is 0 Å². The zero-order chi connectivity index (χ0) is 15.8. The molecule has 2 atom stereocenters. The Morgan fingerprint density at radius 1 is 1.38 bits per heavy atom. The summed E-state index contributed by atoms with van der Waals surface area (Å²) in [4.78, 5) is 23.8. The normalized spacial score (nSPS) is 13.5. The summed E-state index contributed by atoms with van der Waals surface area (Å²) in [5.74, 6) is -1.47. The lowest BCUT2D eigenvalue weighted by Gasteiger charge is -2.12. The Kier molecular flexibility index (Phi) is 7.02. The van der Waals surface area contributed by atoms with Crippen molar-refractivity contribution in [2.24, 2.45) is 5.92 Å². The number of halogens is 1. The summed E-state index contributed by atoms with van der Waals surface area (Å²) in [5, 5.41) is 12.0. The van der Waals surface area contributed by atoms with Crippen LogP contribution in [-0.4, -0.2) is 29.4 Å². The molecule has 5 heteroatoms. The number of carbonyl (C=O) groups is 2. The molecular weight excluding hydrogens is 273 g/mol. The summed E-state index contributed by atoms with van der Waals surface area (Å²) >= 11 is 0. The molecule has 1 amide bonds. The highest BCUT2D eigenvalue weighted by molar-refractivity contribution is 5.99. The summed E-state index contributed by atoms with van der Waals surface area (Å²) in [6.45, 7) is 3.90. The molecule has 1 aromatic rings. The molecule has 4 nitrogen and oxygen atoms in total. The zero-order valence-electron chi connectivity index (χ0n) is 12.4. The molecule has 1 rings (SSSR count). The van der Waals surface area contributed by atoms with E-state index in [0.29, 0.717) is 19.4 Å². The molecule has 2 unspecified atom stereocenters. The number of nitrogens with one attached hydrogen (secondary N) is 1. The van der Waals surface area contributed by atoms with Gasteiger partial charge in [-0.1, -0.05) is 26.0 Å². The van der Waals surface area contributed by atoms with Crippen LogP contribution >= 0.6 is 0 Å². The highest BCUT2D eigenvalue weighted by atomic mass is 19.1. The van der Waals surface area contributed by atoms with Crippen LogP contribution in [0.2, 0.25) is 0 Å². The third-order valence-electron chi connectivity index (χ3n) is 3.32. The van der Waals surface area contributed by atoms with E-state index in [1.54, 1.807) is 6.92 Å². The molecule has 0 fully saturated rings. The molecule has 0 bridgehead atoms. The lowest BCUT2D eigenvalue weighted by Crippen LogP contribution is -2.29. The molecule has 0 heterocycles. The van der Waals surface area contributed by atoms with Crippen LogP contribution in [0.15, 0.2) is 24.3 Å². The quantitative estimate of drug-likeness (QED) is 0.723. The second kappa shape index (κ2) is 8.52. The molecule has 1 aromatic carbocycles. The molecular formula is C16H22FNO3. The molecule has 116 valence electrons. The van der Waals surface area contributed by atoms with Gasteiger partial charge in [-0.2, -0.15) is 0 Å². The first-order chi connectivity index (χ1) is 9.93. The van der Waals surface area contributed by atoms with Crippen LogP contribution in [0.3, 0.4) is 0 Å². The molecule has 0 aliphatic rings. The second-order valence-electron chi connectivity index (χ2n) is 5.18. The first-order valence-electron chi connectivity index (χ1n) is 7.18. The van der Waals surface area contributed by atoms with Gasteiger partial charge in [-0.05, 0) is 25.0 Å². The zero-order valence-corrected chi connectivity index (χ0v) is 12.4. The van der Waals surface area contributed by atoms with Gasteiger partial charge >= 0.3 is 0 Å². The van der Waals surface area contributed by atoms with Crippen LogP contribution in [-0.2, 0) is 4.79 Å². The lowest BCUT2D eigenvalue weighted by atomic mass is 9.96. The number of amides is 1. The van der Waals surface area contributed by atoms with Gasteiger partial charge in [0.1, 0.15) is 5.82 Å². The van der Waals surface area contributed by atoms with Crippen LogP contribution in [0.25, 0.3) is 0 Å². The number of benzene rings is 1. The summed E-state index contributed by atoms with van der Waals surface area (Å²) in [7, 11) is 0. The lowest BCUT2D eigenvalue weighted by molar-refractivity contribution is -0.121. The summed E-state index contributed by atoms with van der Waals surface area (Å²) < 4.78 is 13.1. The smallest absolute Gasteiger partial charge is 0.220 e. The second-order valence-corrected chi connectivity index (χ2v) is 5.18. The van der Waals surface area contributed by atoms with E-state index in [2.05, 4.69) is 5.32 Å². The Morgan fingerprint density at radius 2 is 2.10 bits per heavy atom. The molecule has 0 aliphatic heterocycles. The van der Waals surface area contributed by atoms with E-state index in [1.807, 2.05) is 6.92 Å². The van der Waals surface area contributed by atoms with E-state index in [0.717, 1.165) is 0 Å². The Morgan fingerprint density at radius 3 is 2.71 bits per heavy atom. The van der Waals surface area contributed by atoms with Gasteiger partial charge in [0.05, 0.1) is 6.10 Å². The number of hydrogen-bond acceptors (Lipinski definition) is 3. The van der Waals surface area contributed by atoms with Gasteiger partial charge in [0.25, 0.3) is 0 Å². The molecule has 0 aromatic heterocycles. The van der Waals surface area contributed by atoms with Gasteiger partial charge in [0.15, 0.2) is 5.78 Å². The maximum Gasteiger partial charge on any atom is 0.220 e. The average molecular weight is 295 g/mol. The molecule has 2 N–H and O–H groups in total. The largest absolute Gasteiger partial charge is 0.393 e. The maximum absolute atomic E-state index is 13.1. The maximum atomic E-state index is 13.1. The predicted molar refractivity (Wildman–Crippen MR) is 78.4 cm³/mol. The monoisotopic (exact) mass is 295 g/mol. The van der Waals surface area contributed by atoms with Crippen molar-refractivity contribution in [1.29, 1.82) is 0 Å². The van der Waals surface area contributed by atoms with Crippen LogP contribution in [0.1, 0.15) is 43.5 Å². The molecule has 0 aliphatic carbocycles. The van der Waals surface area contributed by atoms with E-state index < -0.39 is 17.8 Å². The van der Waals surface area contributed by atoms with Gasteiger partial charge in [-0.3, -0.25) is 9.59 Å². The number of carbonyl (C=O) groups excluding carboxylic acids is 2. The average Bonchev–Trinajstić information content (AvgIpc) is 2.46. The summed E-state index contributed by atoms with van der Waals surface area (Å²) in [5.41, 5.74) is 0.275. The van der Waals surface area contributed by atoms with E-state index in [9.17, 15) is 19.1 Å². The number of hydrogen-bond donors (Lipinski definition) is 2. The molecule has 0 saturated heterocycles. The van der Waals surface area contributed by atoms with Crippen molar-refractivity contribution in [2.45, 2.75) is 39.2 Å². The highest BCUT2D eigenvalue weighted by Crippen LogP contribution is 2.13. The van der Waals surface area contributed by atoms with Gasteiger partial charge in [-0.25, -0.2) is 4.39 Å². The van der Waals surface area contributed by atoms with E-state index in [-0.39, 0.29) is 23.7 Å². The van der Waals surface area contributed by atoms with Crippen molar-refractivity contribution in [1.82, 2.24) is 5.32 Å². The van der Waals surface area contributed by atoms with Gasteiger partial charge in [0, 0.05) is 24.4 Å². The summed E-state index contributed by atoms with van der Waals surface area (Å²) in [6.07, 6.45) is 0.771. The Labute approximate surface area is 124 Å². The molecule has 0 spiro atoms. The third kappa shape index (κ3) is 6.04. The molecule has 0 saturated carbocycles. The minimum Gasteiger partial charge on any atom is -0.393 e. The minimum atomic E-state index is -0.511. The van der Waals surface area contributed by atoms with Crippen LogP contribution in [0, 0.1) is 11.7 Å². The molecule has 21 heavy (non-hydrogen) atoms. The first-order valence-corrected chi connectivity index (χ1v) is 7.18. The number of rotatable bonds is 8. The standard InChI is InChI=1S/C16H22FNO3/c1-3-14(19)7-8-18-15(20)9-11(2)16(21)12-5-4-6-13(17)10-12/h4-6,10-11,14,19H,3,7-9H2,1-2H3,(H,18,20). The Hall–Kier alpha value is -1.75. The number of aliphatic hydroxyl groups is 1. The van der Waals surface area contributed by atoms with Crippen LogP contribution in [0.4, 0.5) is 4.39 Å². The van der Waals surface area contributed by atoms with Crippen molar-refractivity contribution < 1.29 is 19.1 Å². The third-order valence-corrected chi connectivity index (χ3v) is 3.32. The van der Waals surface area contributed by atoms with Crippen molar-refractivity contribution in [2.75, 3.05) is 6.54 Å². The van der Waals surface area contributed by atoms with Crippen molar-refractivity contribution in [3.05, 3.63) is 35.6 Å². The van der Waals surface area contributed by atoms with E-state index in [4.69, 9.17) is 0 Å². The van der Waals surface area contributed by atoms with Crippen molar-refractivity contribution in [3.8, 4) is 0 Å². The van der Waals surface area contributed by atoms with Crippen molar-refractivity contribution >= 4 is 11.7 Å². The minimum absolute atomic E-state index is 0.0531. The SMILES string of the molecule is CCC(O)CCNC(=O)CC(C)C(=O)c1cccc(F)c1. The fraction of sp³-hybridized carbons (Fsp3) is 0.500. The fourth-order valence-electron chi connectivity index (χ4n) is 1.95. The topological polar surface area (TPSA) is 66.4 Å². The van der Waals surface area contributed by atoms with E-state index in [1.165, 1.54) is 24.3 Å². The highest BCUT2D eigenvalue weighted by Gasteiger charge is 2.19. The Bertz CT molecular complexity index is 490. The number of aliphatic hydroxyl groups excluding tert-OH is 1. The van der Waals surface area contributed by atoms with Crippen molar-refractivity contribution in [3.63, 3.8) is 0 Å². The van der Waals surface area contributed by atoms with Gasteiger partial charge < -0.3 is 10.4 Å². The predicted octanol–water partition coefficient (Wildman–Crippen LogP) is 2.31. The van der Waals surface area contributed by atoms with Gasteiger partial charge in [0.2, 0.25) is 5.91 Å². The molecule has 0 radical (unpaired) electrons. The number of Topliss-reactive ketones (excluding diaryl/α,β-unsaturated/α-hetero) is 1. The Balaban J connectivity index is 2.43. The van der Waals surface area contributed by atoms with Crippen LogP contribution in [0.5, 0.6) is 0 Å². The summed E-state index contributed by atoms with van der Waals surface area (Å²) in [6, 6.07) is 5.46. The first kappa shape index (κ1) is 17.3. The fourth-order valence-corrected chi connectivity index (χ4v) is 1.95.